The maximum Gasteiger partial charge on any atom is 0.131 e. The summed E-state index contributed by atoms with van der Waals surface area (Å²) in [5, 5.41) is 14.2. The molecule has 8 heteroatoms. The van der Waals surface area contributed by atoms with Gasteiger partial charge >= 0.3 is 0 Å². The fraction of sp³-hybridized carbons (Fsp3) is 0.167. The van der Waals surface area contributed by atoms with Crippen LogP contribution in [0.4, 0.5) is 34.1 Å². The van der Waals surface area contributed by atoms with Crippen molar-refractivity contribution >= 4 is 45.8 Å². The van der Waals surface area contributed by atoms with E-state index in [0.717, 1.165) is 45.8 Å². The molecule has 0 aliphatic carbocycles. The Morgan fingerprint density at radius 3 is 1.20 bits per heavy atom. The molecule has 0 fully saturated rings. The lowest BCUT2D eigenvalue weighted by molar-refractivity contribution is 0.258. The number of para-hydroxylation sites is 6. The average Bonchev–Trinajstić information content (AvgIpc) is 3.07. The maximum absolute atomic E-state index is 5.46. The SMILES string of the molecule is C=COCCN(N=C(C)N1c2ccccc2N(C(C)=NN(CCOC=C)c2ccccc2)c2ccccc21)c1ccccc1. The molecule has 5 rings (SSSR count). The molecule has 1 aliphatic rings. The number of hydrazone groups is 2. The summed E-state index contributed by atoms with van der Waals surface area (Å²) in [5.41, 5.74) is 5.95. The molecule has 44 heavy (non-hydrogen) atoms. The molecule has 0 N–H and O–H groups in total. The van der Waals surface area contributed by atoms with Crippen LogP contribution in [0.15, 0.2) is 145 Å². The minimum Gasteiger partial charge on any atom is -0.500 e. The van der Waals surface area contributed by atoms with E-state index in [1.165, 1.54) is 12.5 Å². The van der Waals surface area contributed by atoms with Gasteiger partial charge in [0, 0.05) is 0 Å². The third-order valence-corrected chi connectivity index (χ3v) is 7.09. The van der Waals surface area contributed by atoms with E-state index in [1.54, 1.807) is 0 Å². The van der Waals surface area contributed by atoms with E-state index in [0.29, 0.717) is 26.3 Å². The Balaban J connectivity index is 1.57. The average molecular weight is 587 g/mol. The standard InChI is InChI=1S/C36H38N6O2/c1-5-43-27-25-39(31-17-9-7-10-18-31)37-29(3)41-33-21-13-15-23-35(33)42(36-24-16-14-22-34(36)41)30(4)38-40(26-28-44-6-2)32-19-11-8-12-20-32/h5-24H,1-2,25-28H2,3-4H3. The van der Waals surface area contributed by atoms with Crippen molar-refractivity contribution in [2.45, 2.75) is 13.8 Å². The van der Waals surface area contributed by atoms with E-state index in [-0.39, 0.29) is 0 Å². The molecule has 4 aromatic carbocycles. The van der Waals surface area contributed by atoms with Crippen molar-refractivity contribution in [3.05, 3.63) is 135 Å². The molecule has 0 radical (unpaired) electrons. The molecule has 0 unspecified atom stereocenters. The molecule has 0 saturated carbocycles. The highest BCUT2D eigenvalue weighted by molar-refractivity contribution is 6.18. The first-order valence-corrected chi connectivity index (χ1v) is 14.6. The van der Waals surface area contributed by atoms with Crippen molar-refractivity contribution in [2.24, 2.45) is 10.2 Å². The normalized spacial score (nSPS) is 12.6. The van der Waals surface area contributed by atoms with Crippen LogP contribution in [0, 0.1) is 0 Å². The van der Waals surface area contributed by atoms with Gasteiger partial charge in [0.05, 0.1) is 59.7 Å². The Bertz CT molecular complexity index is 1440. The largest absolute Gasteiger partial charge is 0.500 e. The zero-order valence-electron chi connectivity index (χ0n) is 25.3. The third kappa shape index (κ3) is 6.76. The fourth-order valence-electron chi connectivity index (χ4n) is 5.20. The summed E-state index contributed by atoms with van der Waals surface area (Å²) >= 11 is 0. The number of hydrogen-bond donors (Lipinski definition) is 0. The van der Waals surface area contributed by atoms with E-state index < -0.39 is 0 Å². The first-order chi connectivity index (χ1) is 21.6. The highest BCUT2D eigenvalue weighted by Gasteiger charge is 2.31. The smallest absolute Gasteiger partial charge is 0.131 e. The fourth-order valence-corrected chi connectivity index (χ4v) is 5.20. The number of fused-ring (bicyclic) bond motifs is 2. The van der Waals surface area contributed by atoms with Crippen molar-refractivity contribution < 1.29 is 9.47 Å². The van der Waals surface area contributed by atoms with Crippen molar-refractivity contribution in [1.29, 1.82) is 0 Å². The van der Waals surface area contributed by atoms with E-state index in [9.17, 15) is 0 Å². The molecule has 0 bridgehead atoms. The van der Waals surface area contributed by atoms with Gasteiger partial charge in [0.25, 0.3) is 0 Å². The van der Waals surface area contributed by atoms with Crippen LogP contribution in [0.1, 0.15) is 13.8 Å². The minimum absolute atomic E-state index is 0.460. The van der Waals surface area contributed by atoms with Gasteiger partial charge < -0.3 is 9.47 Å². The Hall–Kier alpha value is -5.50. The van der Waals surface area contributed by atoms with Crippen LogP contribution >= 0.6 is 0 Å². The van der Waals surface area contributed by atoms with E-state index >= 15 is 0 Å². The second-order valence-corrected chi connectivity index (χ2v) is 9.93. The molecule has 0 amide bonds. The molecule has 0 atom stereocenters. The molecule has 0 saturated heterocycles. The van der Waals surface area contributed by atoms with Crippen LogP contribution in [0.3, 0.4) is 0 Å². The van der Waals surface area contributed by atoms with E-state index in [1.807, 2.05) is 109 Å². The minimum atomic E-state index is 0.460. The van der Waals surface area contributed by atoms with Gasteiger partial charge in [-0.15, -0.1) is 0 Å². The molecule has 0 aromatic heterocycles. The van der Waals surface area contributed by atoms with Crippen LogP contribution in [0.5, 0.6) is 0 Å². The summed E-state index contributed by atoms with van der Waals surface area (Å²) in [7, 11) is 0. The topological polar surface area (TPSA) is 56.1 Å². The summed E-state index contributed by atoms with van der Waals surface area (Å²) in [6.07, 6.45) is 2.92. The Morgan fingerprint density at radius 1 is 0.568 bits per heavy atom. The van der Waals surface area contributed by atoms with Crippen LogP contribution < -0.4 is 19.8 Å². The number of benzene rings is 4. The van der Waals surface area contributed by atoms with Gasteiger partial charge in [0.15, 0.2) is 0 Å². The van der Waals surface area contributed by atoms with Crippen molar-refractivity contribution in [2.75, 3.05) is 46.1 Å². The van der Waals surface area contributed by atoms with Gasteiger partial charge in [-0.1, -0.05) is 73.8 Å². The highest BCUT2D eigenvalue weighted by atomic mass is 16.5. The van der Waals surface area contributed by atoms with Crippen molar-refractivity contribution in [1.82, 2.24) is 0 Å². The van der Waals surface area contributed by atoms with Crippen LogP contribution in [0.25, 0.3) is 0 Å². The predicted molar refractivity (Wildman–Crippen MR) is 183 cm³/mol. The molecule has 1 heterocycles. The number of anilines is 6. The van der Waals surface area contributed by atoms with Crippen LogP contribution in [-0.2, 0) is 9.47 Å². The second-order valence-electron chi connectivity index (χ2n) is 9.93. The number of ether oxygens (including phenoxy) is 2. The lowest BCUT2D eigenvalue weighted by Gasteiger charge is -2.40. The monoisotopic (exact) mass is 586 g/mol. The first kappa shape index (κ1) is 30.0. The maximum atomic E-state index is 5.46. The molecule has 4 aromatic rings. The zero-order chi connectivity index (χ0) is 30.7. The van der Waals surface area contributed by atoms with Crippen molar-refractivity contribution in [3.8, 4) is 0 Å². The van der Waals surface area contributed by atoms with Gasteiger partial charge in [0.2, 0.25) is 0 Å². The number of rotatable bonds is 12. The predicted octanol–water partition coefficient (Wildman–Crippen LogP) is 8.28. The van der Waals surface area contributed by atoms with Crippen LogP contribution in [0.2, 0.25) is 0 Å². The Kier molecular flexibility index (Phi) is 9.94. The van der Waals surface area contributed by atoms with E-state index in [2.05, 4.69) is 47.2 Å². The zero-order valence-corrected chi connectivity index (χ0v) is 25.3. The van der Waals surface area contributed by atoms with Gasteiger partial charge in [-0.25, -0.2) is 0 Å². The summed E-state index contributed by atoms with van der Waals surface area (Å²) in [6.45, 7) is 13.5. The Morgan fingerprint density at radius 2 is 0.886 bits per heavy atom. The third-order valence-electron chi connectivity index (χ3n) is 7.09. The van der Waals surface area contributed by atoms with Gasteiger partial charge in [-0.05, 0) is 62.4 Å². The van der Waals surface area contributed by atoms with Gasteiger partial charge in [-0.3, -0.25) is 19.8 Å². The Labute approximate surface area is 260 Å². The summed E-state index contributed by atoms with van der Waals surface area (Å²) in [4.78, 5) is 4.40. The van der Waals surface area contributed by atoms with E-state index in [4.69, 9.17) is 19.7 Å². The molecular weight excluding hydrogens is 548 g/mol. The summed E-state index contributed by atoms with van der Waals surface area (Å²) < 4.78 is 10.9. The quantitative estimate of drug-likeness (QED) is 0.0548. The molecule has 8 nitrogen and oxygen atoms in total. The first-order valence-electron chi connectivity index (χ1n) is 14.6. The lowest BCUT2D eigenvalue weighted by Crippen LogP contribution is -2.37. The molecule has 224 valence electrons. The molecular formula is C36H38N6O2. The molecule has 0 spiro atoms. The number of hydrogen-bond acceptors (Lipinski definition) is 6. The molecule has 1 aliphatic heterocycles. The number of amidine groups is 2. The van der Waals surface area contributed by atoms with Crippen LogP contribution in [-0.4, -0.2) is 38.0 Å². The lowest BCUT2D eigenvalue weighted by atomic mass is 10.1. The summed E-state index contributed by atoms with van der Waals surface area (Å²) in [5.74, 6) is 1.63. The van der Waals surface area contributed by atoms with Gasteiger partial charge in [-0.2, -0.15) is 10.2 Å². The summed E-state index contributed by atoms with van der Waals surface area (Å²) in [6, 6.07) is 36.9. The van der Waals surface area contributed by atoms with Gasteiger partial charge in [0.1, 0.15) is 24.9 Å². The second kappa shape index (κ2) is 14.6. The van der Waals surface area contributed by atoms with Crippen molar-refractivity contribution in [3.63, 3.8) is 0 Å². The number of nitrogens with zero attached hydrogens (tertiary/aromatic N) is 6. The highest BCUT2D eigenvalue weighted by Crippen LogP contribution is 2.48.